The number of ether oxygens (including phenoxy) is 1. The van der Waals surface area contributed by atoms with E-state index >= 15 is 0 Å². The van der Waals surface area contributed by atoms with Crippen molar-refractivity contribution in [2.24, 2.45) is 5.41 Å². The predicted octanol–water partition coefficient (Wildman–Crippen LogP) is 2.58. The minimum atomic E-state index is 0.303. The molecule has 18 heavy (non-hydrogen) atoms. The Morgan fingerprint density at radius 3 is 2.61 bits per heavy atom. The highest BCUT2D eigenvalue weighted by Gasteiger charge is 2.41. The zero-order valence-electron chi connectivity index (χ0n) is 10.5. The number of nitrogens with one attached hydrogen (secondary N) is 1. The first kappa shape index (κ1) is 13.8. The molecule has 1 aliphatic rings. The Kier molecular flexibility index (Phi) is 5.03. The molecule has 1 aromatic carbocycles. The SMILES string of the molecule is OCCC1(CNCCOc2ccc(Br)cc2)CC1. The van der Waals surface area contributed by atoms with E-state index in [2.05, 4.69) is 21.2 Å². The standard InChI is InChI=1S/C14H20BrNO2/c15-12-1-3-13(4-2-12)18-10-8-16-11-14(5-6-14)7-9-17/h1-4,16-17H,5-11H2. The minimum Gasteiger partial charge on any atom is -0.492 e. The van der Waals surface area contributed by atoms with Gasteiger partial charge in [0.15, 0.2) is 0 Å². The molecule has 1 aliphatic carbocycles. The summed E-state index contributed by atoms with van der Waals surface area (Å²) >= 11 is 3.39. The van der Waals surface area contributed by atoms with Gasteiger partial charge in [0.05, 0.1) is 0 Å². The van der Waals surface area contributed by atoms with E-state index in [1.54, 1.807) is 0 Å². The van der Waals surface area contributed by atoms with Crippen LogP contribution in [0.15, 0.2) is 28.7 Å². The molecule has 0 spiro atoms. The van der Waals surface area contributed by atoms with Crippen LogP contribution in [0, 0.1) is 5.41 Å². The van der Waals surface area contributed by atoms with Crippen molar-refractivity contribution in [3.05, 3.63) is 28.7 Å². The van der Waals surface area contributed by atoms with Gasteiger partial charge in [0, 0.05) is 24.2 Å². The van der Waals surface area contributed by atoms with Crippen LogP contribution in [0.25, 0.3) is 0 Å². The fourth-order valence-electron chi connectivity index (χ4n) is 2.05. The Morgan fingerprint density at radius 1 is 1.28 bits per heavy atom. The van der Waals surface area contributed by atoms with E-state index in [4.69, 9.17) is 9.84 Å². The lowest BCUT2D eigenvalue weighted by molar-refractivity contribution is 0.241. The molecule has 0 heterocycles. The first-order valence-electron chi connectivity index (χ1n) is 6.44. The molecule has 1 saturated carbocycles. The zero-order valence-corrected chi connectivity index (χ0v) is 12.1. The molecule has 2 N–H and O–H groups in total. The van der Waals surface area contributed by atoms with Gasteiger partial charge in [-0.2, -0.15) is 0 Å². The summed E-state index contributed by atoms with van der Waals surface area (Å²) in [7, 11) is 0. The van der Waals surface area contributed by atoms with Crippen molar-refractivity contribution in [3.8, 4) is 5.75 Å². The quantitative estimate of drug-likeness (QED) is 0.725. The highest BCUT2D eigenvalue weighted by Crippen LogP contribution is 2.47. The van der Waals surface area contributed by atoms with Gasteiger partial charge >= 0.3 is 0 Å². The van der Waals surface area contributed by atoms with E-state index in [0.717, 1.165) is 29.7 Å². The van der Waals surface area contributed by atoms with Crippen molar-refractivity contribution in [2.75, 3.05) is 26.3 Å². The number of benzene rings is 1. The molecule has 1 aromatic rings. The minimum absolute atomic E-state index is 0.303. The average molecular weight is 314 g/mol. The maximum atomic E-state index is 8.96. The molecule has 4 heteroatoms. The van der Waals surface area contributed by atoms with Crippen molar-refractivity contribution >= 4 is 15.9 Å². The van der Waals surface area contributed by atoms with Crippen LogP contribution in [0.1, 0.15) is 19.3 Å². The van der Waals surface area contributed by atoms with E-state index in [9.17, 15) is 0 Å². The van der Waals surface area contributed by atoms with Crippen molar-refractivity contribution in [1.29, 1.82) is 0 Å². The molecule has 0 aromatic heterocycles. The summed E-state index contributed by atoms with van der Waals surface area (Å²) in [5.74, 6) is 0.900. The molecule has 0 bridgehead atoms. The summed E-state index contributed by atoms with van der Waals surface area (Å²) < 4.78 is 6.69. The first-order chi connectivity index (χ1) is 8.74. The van der Waals surface area contributed by atoms with E-state index < -0.39 is 0 Å². The molecule has 3 nitrogen and oxygen atoms in total. The third-order valence-electron chi connectivity index (χ3n) is 3.46. The maximum Gasteiger partial charge on any atom is 0.119 e. The van der Waals surface area contributed by atoms with Gasteiger partial charge in [-0.15, -0.1) is 0 Å². The van der Waals surface area contributed by atoms with E-state index in [0.29, 0.717) is 18.6 Å². The predicted molar refractivity (Wildman–Crippen MR) is 75.9 cm³/mol. The van der Waals surface area contributed by atoms with Crippen LogP contribution in [0.2, 0.25) is 0 Å². The zero-order chi connectivity index (χ0) is 12.8. The molecular weight excluding hydrogens is 294 g/mol. The molecule has 1 fully saturated rings. The van der Waals surface area contributed by atoms with Crippen molar-refractivity contribution in [1.82, 2.24) is 5.32 Å². The fourth-order valence-corrected chi connectivity index (χ4v) is 2.32. The van der Waals surface area contributed by atoms with Crippen LogP contribution in [-0.2, 0) is 0 Å². The maximum absolute atomic E-state index is 8.96. The Labute approximate surface area is 117 Å². The largest absolute Gasteiger partial charge is 0.492 e. The van der Waals surface area contributed by atoms with Crippen molar-refractivity contribution < 1.29 is 9.84 Å². The van der Waals surface area contributed by atoms with Crippen molar-refractivity contribution in [3.63, 3.8) is 0 Å². The summed E-state index contributed by atoms with van der Waals surface area (Å²) in [6, 6.07) is 7.86. The molecule has 0 saturated heterocycles. The van der Waals surface area contributed by atoms with Crippen LogP contribution >= 0.6 is 15.9 Å². The molecule has 0 unspecified atom stereocenters. The van der Waals surface area contributed by atoms with Crippen LogP contribution in [0.3, 0.4) is 0 Å². The Bertz CT molecular complexity index is 363. The third kappa shape index (κ3) is 4.26. The molecule has 100 valence electrons. The first-order valence-corrected chi connectivity index (χ1v) is 7.23. The van der Waals surface area contributed by atoms with E-state index in [1.807, 2.05) is 24.3 Å². The summed E-state index contributed by atoms with van der Waals surface area (Å²) in [5, 5.41) is 12.4. The highest BCUT2D eigenvalue weighted by atomic mass is 79.9. The molecule has 0 aliphatic heterocycles. The Morgan fingerprint density at radius 2 is 2.00 bits per heavy atom. The summed E-state index contributed by atoms with van der Waals surface area (Å²) in [6.07, 6.45) is 3.41. The highest BCUT2D eigenvalue weighted by molar-refractivity contribution is 9.10. The molecule has 0 atom stereocenters. The smallest absolute Gasteiger partial charge is 0.119 e. The number of hydrogen-bond donors (Lipinski definition) is 2. The molecule has 0 radical (unpaired) electrons. The second-order valence-corrected chi connectivity index (χ2v) is 5.87. The molecular formula is C14H20BrNO2. The number of aliphatic hydroxyl groups is 1. The van der Waals surface area contributed by atoms with Crippen LogP contribution in [0.5, 0.6) is 5.75 Å². The summed E-state index contributed by atoms with van der Waals surface area (Å²) in [6.45, 7) is 2.83. The van der Waals surface area contributed by atoms with Gasteiger partial charge in [0.25, 0.3) is 0 Å². The van der Waals surface area contributed by atoms with Crippen molar-refractivity contribution in [2.45, 2.75) is 19.3 Å². The second kappa shape index (κ2) is 6.55. The number of rotatable bonds is 8. The third-order valence-corrected chi connectivity index (χ3v) is 3.99. The topological polar surface area (TPSA) is 41.5 Å². The van der Waals surface area contributed by atoms with Gasteiger partial charge < -0.3 is 15.2 Å². The lowest BCUT2D eigenvalue weighted by atomic mass is 10.0. The second-order valence-electron chi connectivity index (χ2n) is 4.95. The van der Waals surface area contributed by atoms with Gasteiger partial charge in [0.2, 0.25) is 0 Å². The summed E-state index contributed by atoms with van der Waals surface area (Å²) in [4.78, 5) is 0. The van der Waals surface area contributed by atoms with Gasteiger partial charge in [-0.1, -0.05) is 15.9 Å². The molecule has 2 rings (SSSR count). The average Bonchev–Trinajstić information content (AvgIpc) is 3.12. The van der Waals surface area contributed by atoms with Gasteiger partial charge in [0.1, 0.15) is 12.4 Å². The Hall–Kier alpha value is -0.580. The van der Waals surface area contributed by atoms with E-state index in [-0.39, 0.29) is 0 Å². The fraction of sp³-hybridized carbons (Fsp3) is 0.571. The lowest BCUT2D eigenvalue weighted by Crippen LogP contribution is -2.28. The van der Waals surface area contributed by atoms with Crippen LogP contribution in [0.4, 0.5) is 0 Å². The summed E-state index contributed by atoms with van der Waals surface area (Å²) in [5.41, 5.74) is 0.381. The van der Waals surface area contributed by atoms with Crippen LogP contribution < -0.4 is 10.1 Å². The van der Waals surface area contributed by atoms with Crippen LogP contribution in [-0.4, -0.2) is 31.4 Å². The number of halogens is 1. The number of aliphatic hydroxyl groups excluding tert-OH is 1. The van der Waals surface area contributed by atoms with E-state index in [1.165, 1.54) is 12.8 Å². The van der Waals surface area contributed by atoms with Gasteiger partial charge in [-0.3, -0.25) is 0 Å². The normalized spacial score (nSPS) is 16.6. The lowest BCUT2D eigenvalue weighted by Gasteiger charge is -2.14. The van der Waals surface area contributed by atoms with Gasteiger partial charge in [-0.05, 0) is 48.9 Å². The number of hydrogen-bond acceptors (Lipinski definition) is 3. The monoisotopic (exact) mass is 313 g/mol. The Balaban J connectivity index is 1.57. The van der Waals surface area contributed by atoms with Gasteiger partial charge in [-0.25, -0.2) is 0 Å². The molecule has 0 amide bonds.